The van der Waals surface area contributed by atoms with Crippen molar-refractivity contribution in [3.63, 3.8) is 0 Å². The first kappa shape index (κ1) is 22.4. The molecule has 0 fully saturated rings. The van der Waals surface area contributed by atoms with Crippen LogP contribution in [0.25, 0.3) is 11.0 Å². The summed E-state index contributed by atoms with van der Waals surface area (Å²) in [6, 6.07) is 22.4. The Morgan fingerprint density at radius 1 is 1.09 bits per heavy atom. The molecule has 32 heavy (non-hydrogen) atoms. The minimum Gasteiger partial charge on any atom is -0.494 e. The number of aryl methyl sites for hydroxylation is 1. The second-order valence-electron chi connectivity index (χ2n) is 7.47. The molecule has 1 N–H and O–H groups in total. The molecule has 1 aromatic heterocycles. The number of imidazole rings is 1. The van der Waals surface area contributed by atoms with Crippen molar-refractivity contribution in [2.75, 3.05) is 6.61 Å². The molecule has 0 saturated carbocycles. The monoisotopic (exact) mass is 511 g/mol. The lowest BCUT2D eigenvalue weighted by Crippen LogP contribution is -2.28. The predicted octanol–water partition coefficient (Wildman–Crippen LogP) is 6.41. The van der Waals surface area contributed by atoms with Gasteiger partial charge < -0.3 is 14.6 Å². The number of amides is 1. The molecule has 1 heterocycles. The smallest absolute Gasteiger partial charge is 0.251 e. The van der Waals surface area contributed by atoms with Gasteiger partial charge in [-0.25, -0.2) is 4.98 Å². The molecular formula is C25H23BrClN3O2. The highest BCUT2D eigenvalue weighted by Gasteiger charge is 2.19. The Bertz CT molecular complexity index is 1210. The van der Waals surface area contributed by atoms with Crippen LogP contribution in [0.2, 0.25) is 5.02 Å². The number of rotatable bonds is 8. The molecule has 0 aliphatic carbocycles. The van der Waals surface area contributed by atoms with Gasteiger partial charge in [-0.05, 0) is 74.0 Å². The molecule has 4 rings (SSSR count). The van der Waals surface area contributed by atoms with Gasteiger partial charge in [-0.3, -0.25) is 4.79 Å². The van der Waals surface area contributed by atoms with Gasteiger partial charge in [0.2, 0.25) is 0 Å². The number of carbonyl (C=O) groups is 1. The van der Waals surface area contributed by atoms with Gasteiger partial charge in [0.25, 0.3) is 5.91 Å². The van der Waals surface area contributed by atoms with Gasteiger partial charge in [-0.1, -0.05) is 39.7 Å². The van der Waals surface area contributed by atoms with Crippen LogP contribution in [0.3, 0.4) is 0 Å². The van der Waals surface area contributed by atoms with Crippen molar-refractivity contribution in [3.8, 4) is 5.75 Å². The Kier molecular flexibility index (Phi) is 7.12. The van der Waals surface area contributed by atoms with Crippen LogP contribution in [0.15, 0.2) is 77.3 Å². The van der Waals surface area contributed by atoms with Crippen LogP contribution in [0.5, 0.6) is 5.75 Å². The van der Waals surface area contributed by atoms with Gasteiger partial charge in [0.05, 0.1) is 23.7 Å². The molecule has 0 spiro atoms. The van der Waals surface area contributed by atoms with E-state index >= 15 is 0 Å². The second kappa shape index (κ2) is 10.2. The number of para-hydroxylation sites is 2. The van der Waals surface area contributed by atoms with Gasteiger partial charge in [-0.15, -0.1) is 0 Å². The lowest BCUT2D eigenvalue weighted by molar-refractivity contribution is 0.0937. The lowest BCUT2D eigenvalue weighted by atomic mass is 10.2. The van der Waals surface area contributed by atoms with E-state index in [-0.39, 0.29) is 11.9 Å². The highest BCUT2D eigenvalue weighted by molar-refractivity contribution is 9.10. The molecule has 4 aromatic rings. The van der Waals surface area contributed by atoms with Crippen molar-refractivity contribution < 1.29 is 9.53 Å². The van der Waals surface area contributed by atoms with Crippen molar-refractivity contribution in [2.45, 2.75) is 25.9 Å². The fourth-order valence-electron chi connectivity index (χ4n) is 3.55. The van der Waals surface area contributed by atoms with Gasteiger partial charge >= 0.3 is 0 Å². The summed E-state index contributed by atoms with van der Waals surface area (Å²) in [4.78, 5) is 17.5. The van der Waals surface area contributed by atoms with E-state index in [1.807, 2.05) is 61.5 Å². The van der Waals surface area contributed by atoms with E-state index in [1.54, 1.807) is 12.1 Å². The molecule has 0 radical (unpaired) electrons. The van der Waals surface area contributed by atoms with Crippen molar-refractivity contribution in [1.82, 2.24) is 14.9 Å². The van der Waals surface area contributed by atoms with Crippen LogP contribution in [0, 0.1) is 0 Å². The van der Waals surface area contributed by atoms with Crippen LogP contribution in [-0.4, -0.2) is 22.1 Å². The highest BCUT2D eigenvalue weighted by atomic mass is 79.9. The summed E-state index contributed by atoms with van der Waals surface area (Å²) in [5.74, 6) is 1.48. The largest absolute Gasteiger partial charge is 0.494 e. The van der Waals surface area contributed by atoms with E-state index in [9.17, 15) is 4.79 Å². The van der Waals surface area contributed by atoms with E-state index < -0.39 is 0 Å². The Hall–Kier alpha value is -2.83. The summed E-state index contributed by atoms with van der Waals surface area (Å²) in [6.07, 6.45) is 0.795. The molecule has 0 aliphatic heterocycles. The number of benzene rings is 3. The Labute approximate surface area is 200 Å². The van der Waals surface area contributed by atoms with Gasteiger partial charge in [0.15, 0.2) is 0 Å². The third-order valence-electron chi connectivity index (χ3n) is 5.13. The Balaban J connectivity index is 1.47. The third kappa shape index (κ3) is 5.31. The number of halogens is 2. The summed E-state index contributed by atoms with van der Waals surface area (Å²) in [5, 5.41) is 3.76. The molecule has 0 bridgehead atoms. The number of hydrogen-bond donors (Lipinski definition) is 1. The molecule has 3 aromatic carbocycles. The number of fused-ring (bicyclic) bond motifs is 1. The number of ether oxygens (including phenoxy) is 1. The first-order valence-electron chi connectivity index (χ1n) is 10.4. The zero-order valence-electron chi connectivity index (χ0n) is 17.6. The zero-order chi connectivity index (χ0) is 22.5. The maximum absolute atomic E-state index is 12.7. The van der Waals surface area contributed by atoms with Crippen LogP contribution < -0.4 is 10.1 Å². The molecule has 0 saturated heterocycles. The number of nitrogens with zero attached hydrogens (tertiary/aromatic N) is 2. The summed E-state index contributed by atoms with van der Waals surface area (Å²) in [5.41, 5.74) is 2.56. The van der Waals surface area contributed by atoms with E-state index in [0.29, 0.717) is 17.2 Å². The fourth-order valence-corrected chi connectivity index (χ4v) is 3.94. The average molecular weight is 513 g/mol. The normalized spacial score (nSPS) is 12.0. The number of hydrogen-bond acceptors (Lipinski definition) is 3. The quantitative estimate of drug-likeness (QED) is 0.277. The topological polar surface area (TPSA) is 56.2 Å². The minimum absolute atomic E-state index is 0.130. The van der Waals surface area contributed by atoms with E-state index in [2.05, 4.69) is 31.9 Å². The summed E-state index contributed by atoms with van der Waals surface area (Å²) >= 11 is 9.33. The van der Waals surface area contributed by atoms with Crippen molar-refractivity contribution in [1.29, 1.82) is 0 Å². The molecule has 0 aliphatic rings. The first-order chi connectivity index (χ1) is 15.5. The van der Waals surface area contributed by atoms with Crippen LogP contribution in [0.4, 0.5) is 0 Å². The number of nitrogens with one attached hydrogen (secondary N) is 1. The number of carbonyl (C=O) groups excluding carboxylic acids is 1. The molecule has 1 atom stereocenters. The first-order valence-corrected chi connectivity index (χ1v) is 11.6. The van der Waals surface area contributed by atoms with E-state index in [4.69, 9.17) is 21.3 Å². The SMILES string of the molecule is CC(NC(=O)c1ccc(Br)cc1)c1nc2ccccc2n1CCCOc1ccc(Cl)cc1. The van der Waals surface area contributed by atoms with Crippen LogP contribution >= 0.6 is 27.5 Å². The van der Waals surface area contributed by atoms with Gasteiger partial charge in [0.1, 0.15) is 11.6 Å². The maximum atomic E-state index is 12.7. The molecule has 1 unspecified atom stereocenters. The minimum atomic E-state index is -0.254. The maximum Gasteiger partial charge on any atom is 0.251 e. The molecular weight excluding hydrogens is 490 g/mol. The van der Waals surface area contributed by atoms with Gasteiger partial charge in [-0.2, -0.15) is 0 Å². The summed E-state index contributed by atoms with van der Waals surface area (Å²) in [6.45, 7) is 3.24. The van der Waals surface area contributed by atoms with E-state index in [0.717, 1.165) is 40.0 Å². The van der Waals surface area contributed by atoms with Crippen LogP contribution in [-0.2, 0) is 6.54 Å². The standard InChI is InChI=1S/C25H23BrClN3O2/c1-17(28-25(31)18-7-9-19(26)10-8-18)24-29-22-5-2-3-6-23(22)30(24)15-4-16-32-21-13-11-20(27)12-14-21/h2-3,5-14,17H,4,15-16H2,1H3,(H,28,31). The Morgan fingerprint density at radius 2 is 1.81 bits per heavy atom. The average Bonchev–Trinajstić information content (AvgIpc) is 3.17. The summed E-state index contributed by atoms with van der Waals surface area (Å²) < 4.78 is 8.93. The van der Waals surface area contributed by atoms with Crippen LogP contribution in [0.1, 0.15) is 35.6 Å². The molecule has 164 valence electrons. The van der Waals surface area contributed by atoms with Crippen molar-refractivity contribution >= 4 is 44.5 Å². The third-order valence-corrected chi connectivity index (χ3v) is 5.91. The zero-order valence-corrected chi connectivity index (χ0v) is 19.9. The highest BCUT2D eigenvalue weighted by Crippen LogP contribution is 2.22. The fraction of sp³-hybridized carbons (Fsp3) is 0.200. The Morgan fingerprint density at radius 3 is 2.56 bits per heavy atom. The van der Waals surface area contributed by atoms with Crippen molar-refractivity contribution in [2.24, 2.45) is 0 Å². The molecule has 1 amide bonds. The second-order valence-corrected chi connectivity index (χ2v) is 8.82. The summed E-state index contributed by atoms with van der Waals surface area (Å²) in [7, 11) is 0. The molecule has 5 nitrogen and oxygen atoms in total. The van der Waals surface area contributed by atoms with E-state index in [1.165, 1.54) is 0 Å². The molecule has 7 heteroatoms. The van der Waals surface area contributed by atoms with Crippen molar-refractivity contribution in [3.05, 3.63) is 93.7 Å². The lowest BCUT2D eigenvalue weighted by Gasteiger charge is -2.17. The number of aromatic nitrogens is 2. The predicted molar refractivity (Wildman–Crippen MR) is 131 cm³/mol. The van der Waals surface area contributed by atoms with Gasteiger partial charge in [0, 0.05) is 21.6 Å².